The number of alkyl halides is 1. The number of fused-ring (bicyclic) bond motifs is 1. The first-order valence-electron chi connectivity index (χ1n) is 4.54. The lowest BCUT2D eigenvalue weighted by Gasteiger charge is -1.96. The van der Waals surface area contributed by atoms with Gasteiger partial charge in [0.25, 0.3) is 5.56 Å². The highest BCUT2D eigenvalue weighted by molar-refractivity contribution is 7.16. The van der Waals surface area contributed by atoms with Crippen LogP contribution in [0.4, 0.5) is 5.95 Å². The molecule has 0 spiro atoms. The van der Waals surface area contributed by atoms with E-state index in [0.29, 0.717) is 11.3 Å². The zero-order valence-electron chi connectivity index (χ0n) is 7.92. The van der Waals surface area contributed by atoms with Gasteiger partial charge in [-0.3, -0.25) is 4.79 Å². The normalized spacial score (nSPS) is 11.0. The fourth-order valence-electron chi connectivity index (χ4n) is 1.47. The number of anilines is 1. The van der Waals surface area contributed by atoms with Gasteiger partial charge in [-0.2, -0.15) is 4.98 Å². The van der Waals surface area contributed by atoms with E-state index in [1.807, 2.05) is 5.38 Å². The standard InChI is InChI=1S/C9H10ClN3OS/c10-3-1-2-5-4-15-8-6(5)7(14)12-9(11)13-8/h4H,1-3H2,(H3,11,12,13,14). The lowest BCUT2D eigenvalue weighted by molar-refractivity contribution is 0.938. The Morgan fingerprint density at radius 1 is 1.60 bits per heavy atom. The van der Waals surface area contributed by atoms with E-state index in [0.717, 1.165) is 23.2 Å². The summed E-state index contributed by atoms with van der Waals surface area (Å²) in [5.74, 6) is 0.760. The number of nitrogen functional groups attached to an aromatic ring is 1. The molecule has 0 aliphatic carbocycles. The smallest absolute Gasteiger partial charge is 0.283 e. The largest absolute Gasteiger partial charge is 0.369 e. The van der Waals surface area contributed by atoms with Crippen LogP contribution in [0, 0.1) is 0 Å². The molecule has 15 heavy (non-hydrogen) atoms. The van der Waals surface area contributed by atoms with Gasteiger partial charge in [0, 0.05) is 5.88 Å². The molecule has 0 radical (unpaired) electrons. The average molecular weight is 244 g/mol. The number of nitrogens with one attached hydrogen (secondary N) is 1. The van der Waals surface area contributed by atoms with E-state index in [1.165, 1.54) is 11.3 Å². The summed E-state index contributed by atoms with van der Waals surface area (Å²) in [4.78, 5) is 19.0. The molecule has 0 bridgehead atoms. The summed E-state index contributed by atoms with van der Waals surface area (Å²) in [6, 6.07) is 0. The lowest BCUT2D eigenvalue weighted by atomic mass is 10.1. The van der Waals surface area contributed by atoms with Gasteiger partial charge >= 0.3 is 0 Å². The Kier molecular flexibility index (Phi) is 2.93. The molecule has 0 saturated carbocycles. The monoisotopic (exact) mass is 243 g/mol. The van der Waals surface area contributed by atoms with Gasteiger partial charge in [-0.1, -0.05) is 0 Å². The molecule has 80 valence electrons. The number of H-pyrrole nitrogens is 1. The second-order valence-corrected chi connectivity index (χ2v) is 4.44. The number of thiophene rings is 1. The van der Waals surface area contributed by atoms with Crippen LogP contribution in [0.2, 0.25) is 0 Å². The molecule has 0 amide bonds. The van der Waals surface area contributed by atoms with Crippen molar-refractivity contribution in [3.8, 4) is 0 Å². The number of halogens is 1. The summed E-state index contributed by atoms with van der Waals surface area (Å²) in [5.41, 5.74) is 6.20. The summed E-state index contributed by atoms with van der Waals surface area (Å²) in [7, 11) is 0. The zero-order valence-corrected chi connectivity index (χ0v) is 9.49. The first-order chi connectivity index (χ1) is 7.22. The molecular weight excluding hydrogens is 234 g/mol. The number of nitrogens with two attached hydrogens (primary N) is 1. The van der Waals surface area contributed by atoms with Crippen molar-refractivity contribution in [2.75, 3.05) is 11.6 Å². The molecule has 6 heteroatoms. The number of hydrogen-bond acceptors (Lipinski definition) is 4. The first-order valence-corrected chi connectivity index (χ1v) is 5.95. The van der Waals surface area contributed by atoms with Gasteiger partial charge in [0.2, 0.25) is 5.95 Å². The number of aromatic amines is 1. The van der Waals surface area contributed by atoms with Crippen LogP contribution in [0.15, 0.2) is 10.2 Å². The third-order valence-electron chi connectivity index (χ3n) is 2.12. The molecule has 0 atom stereocenters. The summed E-state index contributed by atoms with van der Waals surface area (Å²) in [5, 5.41) is 2.61. The Labute approximate surface area is 95.1 Å². The van der Waals surface area contributed by atoms with Crippen LogP contribution in [0.5, 0.6) is 0 Å². The van der Waals surface area contributed by atoms with Crippen LogP contribution in [0.3, 0.4) is 0 Å². The molecule has 0 aliphatic rings. The molecule has 4 nitrogen and oxygen atoms in total. The number of hydrogen-bond donors (Lipinski definition) is 2. The fourth-order valence-corrected chi connectivity index (χ4v) is 2.60. The van der Waals surface area contributed by atoms with Crippen molar-refractivity contribution in [1.29, 1.82) is 0 Å². The molecule has 0 unspecified atom stereocenters. The Bertz CT molecular complexity index is 534. The molecule has 0 aliphatic heterocycles. The number of nitrogens with zero attached hydrogens (tertiary/aromatic N) is 1. The van der Waals surface area contributed by atoms with Crippen molar-refractivity contribution in [1.82, 2.24) is 9.97 Å². The molecule has 2 rings (SSSR count). The molecule has 0 aromatic carbocycles. The fraction of sp³-hybridized carbons (Fsp3) is 0.333. The van der Waals surface area contributed by atoms with Gasteiger partial charge in [-0.25, -0.2) is 0 Å². The average Bonchev–Trinajstić information content (AvgIpc) is 2.58. The highest BCUT2D eigenvalue weighted by Crippen LogP contribution is 2.22. The van der Waals surface area contributed by atoms with Crippen molar-refractivity contribution in [2.45, 2.75) is 12.8 Å². The molecule has 0 saturated heterocycles. The topological polar surface area (TPSA) is 71.8 Å². The van der Waals surface area contributed by atoms with Crippen LogP contribution < -0.4 is 11.3 Å². The maximum atomic E-state index is 11.6. The highest BCUT2D eigenvalue weighted by atomic mass is 35.5. The predicted octanol–water partition coefficient (Wildman–Crippen LogP) is 1.74. The maximum absolute atomic E-state index is 11.6. The number of aryl methyl sites for hydroxylation is 1. The zero-order chi connectivity index (χ0) is 10.8. The first kappa shape index (κ1) is 10.4. The SMILES string of the molecule is Nc1nc(=O)c2c(CCCCl)csc2[nH]1. The summed E-state index contributed by atoms with van der Waals surface area (Å²) < 4.78 is 0. The summed E-state index contributed by atoms with van der Waals surface area (Å²) >= 11 is 7.09. The van der Waals surface area contributed by atoms with Gasteiger partial charge in [-0.15, -0.1) is 22.9 Å². The van der Waals surface area contributed by atoms with Crippen molar-refractivity contribution in [3.05, 3.63) is 21.3 Å². The molecule has 3 N–H and O–H groups in total. The van der Waals surface area contributed by atoms with Crippen molar-refractivity contribution >= 4 is 39.1 Å². The van der Waals surface area contributed by atoms with Gasteiger partial charge in [0.05, 0.1) is 5.39 Å². The Morgan fingerprint density at radius 3 is 3.13 bits per heavy atom. The third kappa shape index (κ3) is 1.98. The minimum Gasteiger partial charge on any atom is -0.369 e. The Hall–Kier alpha value is -1.07. The van der Waals surface area contributed by atoms with Crippen molar-refractivity contribution < 1.29 is 0 Å². The Balaban J connectivity index is 2.54. The second-order valence-electron chi connectivity index (χ2n) is 3.18. The maximum Gasteiger partial charge on any atom is 0.283 e. The van der Waals surface area contributed by atoms with Crippen LogP contribution in [0.25, 0.3) is 10.2 Å². The number of rotatable bonds is 3. The highest BCUT2D eigenvalue weighted by Gasteiger charge is 2.09. The molecule has 2 aromatic heterocycles. The van der Waals surface area contributed by atoms with E-state index in [4.69, 9.17) is 17.3 Å². The minimum absolute atomic E-state index is 0.165. The van der Waals surface area contributed by atoms with Crippen molar-refractivity contribution in [2.24, 2.45) is 0 Å². The van der Waals surface area contributed by atoms with E-state index in [2.05, 4.69) is 9.97 Å². The van der Waals surface area contributed by atoms with E-state index in [9.17, 15) is 4.79 Å². The van der Waals surface area contributed by atoms with Crippen LogP contribution in [-0.4, -0.2) is 15.8 Å². The van der Waals surface area contributed by atoms with Crippen LogP contribution in [0.1, 0.15) is 12.0 Å². The molecule has 2 heterocycles. The third-order valence-corrected chi connectivity index (χ3v) is 3.34. The van der Waals surface area contributed by atoms with Gasteiger partial charge in [0.15, 0.2) is 0 Å². The van der Waals surface area contributed by atoms with Crippen LogP contribution in [-0.2, 0) is 6.42 Å². The Morgan fingerprint density at radius 2 is 2.40 bits per heavy atom. The van der Waals surface area contributed by atoms with Gasteiger partial charge in [0.1, 0.15) is 4.83 Å². The van der Waals surface area contributed by atoms with E-state index in [1.54, 1.807) is 0 Å². The van der Waals surface area contributed by atoms with Crippen LogP contribution >= 0.6 is 22.9 Å². The molecule has 0 fully saturated rings. The van der Waals surface area contributed by atoms with Crippen molar-refractivity contribution in [3.63, 3.8) is 0 Å². The minimum atomic E-state index is -0.257. The second kappa shape index (κ2) is 4.20. The molecule has 2 aromatic rings. The number of aromatic nitrogens is 2. The van der Waals surface area contributed by atoms with Gasteiger partial charge in [-0.05, 0) is 23.8 Å². The predicted molar refractivity (Wildman–Crippen MR) is 63.7 cm³/mol. The summed E-state index contributed by atoms with van der Waals surface area (Å²) in [6.45, 7) is 0. The van der Waals surface area contributed by atoms with E-state index < -0.39 is 0 Å². The quantitative estimate of drug-likeness (QED) is 0.807. The molecular formula is C9H10ClN3OS. The summed E-state index contributed by atoms with van der Waals surface area (Å²) in [6.07, 6.45) is 1.66. The lowest BCUT2D eigenvalue weighted by Crippen LogP contribution is -2.11. The van der Waals surface area contributed by atoms with E-state index >= 15 is 0 Å². The van der Waals surface area contributed by atoms with Gasteiger partial charge < -0.3 is 10.7 Å². The van der Waals surface area contributed by atoms with E-state index in [-0.39, 0.29) is 11.5 Å².